The lowest BCUT2D eigenvalue weighted by Crippen LogP contribution is -2.48. The van der Waals surface area contributed by atoms with Crippen LogP contribution in [0.5, 0.6) is 11.5 Å². The number of aliphatic hydroxyl groups is 1. The van der Waals surface area contributed by atoms with E-state index in [1.807, 2.05) is 0 Å². The first-order valence-corrected chi connectivity index (χ1v) is 28.7. The maximum absolute atomic E-state index is 14.3. The molecule has 87 heavy (non-hydrogen) atoms. The molecular formula is C54H46F12N10O9S2. The second kappa shape index (κ2) is 21.7. The molecule has 6 N–H and O–H groups in total. The molecule has 4 aromatic carbocycles. The van der Waals surface area contributed by atoms with Gasteiger partial charge in [-0.1, -0.05) is 59.6 Å². The second-order valence-electron chi connectivity index (χ2n) is 21.0. The third kappa shape index (κ3) is 11.9. The van der Waals surface area contributed by atoms with Gasteiger partial charge in [0.05, 0.1) is 56.5 Å². The summed E-state index contributed by atoms with van der Waals surface area (Å²) in [7, 11) is -9.18. The summed E-state index contributed by atoms with van der Waals surface area (Å²) in [5.74, 6) is -1.84. The van der Waals surface area contributed by atoms with Crippen molar-refractivity contribution in [3.63, 3.8) is 0 Å². The smallest absolute Gasteiger partial charge is 0.409 e. The second-order valence-corrected chi connectivity index (χ2v) is 24.7. The van der Waals surface area contributed by atoms with Gasteiger partial charge in [-0.2, -0.15) is 31.3 Å². The Morgan fingerprint density at radius 1 is 0.609 bits per heavy atom. The van der Waals surface area contributed by atoms with Gasteiger partial charge in [0.15, 0.2) is 5.82 Å². The summed E-state index contributed by atoms with van der Waals surface area (Å²) >= 11 is 0. The lowest BCUT2D eigenvalue weighted by Gasteiger charge is -2.43. The quantitative estimate of drug-likeness (QED) is 0.0265. The van der Waals surface area contributed by atoms with Crippen LogP contribution >= 0.6 is 0 Å². The Bertz CT molecular complexity index is 4040. The summed E-state index contributed by atoms with van der Waals surface area (Å²) in [6, 6.07) is 20.0. The van der Waals surface area contributed by atoms with Crippen LogP contribution in [0, 0.1) is 0 Å². The molecule has 0 saturated heterocycles. The van der Waals surface area contributed by atoms with E-state index in [1.54, 1.807) is 24.3 Å². The molecule has 2 aliphatic carbocycles. The first kappa shape index (κ1) is 61.5. The number of nitrogens with zero attached hydrogens (tertiary/aromatic N) is 7. The molecule has 462 valence electrons. The van der Waals surface area contributed by atoms with Gasteiger partial charge in [-0.3, -0.25) is 8.61 Å². The van der Waals surface area contributed by atoms with E-state index in [0.717, 1.165) is 81.4 Å². The Morgan fingerprint density at radius 3 is 1.39 bits per heavy atom. The number of hydrogen-bond acceptors (Lipinski definition) is 16. The van der Waals surface area contributed by atoms with E-state index in [9.17, 15) is 79.8 Å². The predicted octanol–water partition coefficient (Wildman–Crippen LogP) is 12.2. The van der Waals surface area contributed by atoms with Crippen LogP contribution in [-0.4, -0.2) is 65.8 Å². The number of nitrogens with two attached hydrogens (primary N) is 1. The molecule has 0 radical (unpaired) electrons. The van der Waals surface area contributed by atoms with E-state index in [0.29, 0.717) is 49.7 Å². The Balaban J connectivity index is 0.000000194. The fourth-order valence-corrected chi connectivity index (χ4v) is 13.4. The van der Waals surface area contributed by atoms with Crippen molar-refractivity contribution in [3.05, 3.63) is 155 Å². The number of para-hydroxylation sites is 2. The Hall–Kier alpha value is -8.59. The number of sulfonamides is 2. The molecule has 3 aromatic heterocycles. The van der Waals surface area contributed by atoms with Crippen LogP contribution < -0.4 is 34.5 Å². The molecule has 0 bridgehead atoms. The number of halogens is 12. The minimum absolute atomic E-state index is 0.0148. The van der Waals surface area contributed by atoms with Gasteiger partial charge in [-0.15, -0.1) is 26.3 Å². The zero-order valence-corrected chi connectivity index (χ0v) is 46.5. The highest BCUT2D eigenvalue weighted by molar-refractivity contribution is 7.93. The van der Waals surface area contributed by atoms with E-state index >= 15 is 0 Å². The summed E-state index contributed by atoms with van der Waals surface area (Å²) < 4.78 is 229. The maximum Gasteiger partial charge on any atom is 0.573 e. The van der Waals surface area contributed by atoms with Crippen molar-refractivity contribution in [1.82, 2.24) is 20.1 Å². The molecule has 2 fully saturated rings. The Morgan fingerprint density at radius 2 is 1.03 bits per heavy atom. The number of rotatable bonds is 11. The number of fused-ring (bicyclic) bond motifs is 4. The lowest BCUT2D eigenvalue weighted by atomic mass is 9.63. The normalized spacial score (nSPS) is 16.7. The Labute approximate surface area is 485 Å². The fraction of sp³-hybridized carbons (Fsp3) is 0.315. The fourth-order valence-electron chi connectivity index (χ4n) is 10.5. The molecule has 0 atom stereocenters. The highest BCUT2D eigenvalue weighted by atomic mass is 32.2. The number of anilines is 6. The first-order chi connectivity index (χ1) is 40.5. The van der Waals surface area contributed by atoms with Gasteiger partial charge in [0.25, 0.3) is 25.9 Å². The number of hydrogen-bond donors (Lipinski definition) is 5. The largest absolute Gasteiger partial charge is 0.573 e. The standard InChI is InChI=1S/C29H25F6N5O5S.C25H21F6N5O4S/c1-26(2,41)25-38-24(39-45-25)27(13-4-14-27)19-5-3-6-20-22(19)40(15-16-7-12-21(28(30,31)32)37-23(16)36-20)46(42,43)18-10-8-17(9-11-18)44-29(33,34)35;26-24(27,28)19-10-5-14-13-36(41(38,39)16-8-6-15(7-9-16)40-25(29,30)31)20-17(23(11-2-12-23)22(32)35-37)3-1-4-18(20)33-21(14)34-19/h3,5-12,41H,4,13-15H2,1-2H3,(H,36,37);1,3-10,37H,2,11-13H2,(H2,32,35)(H,33,34). The molecule has 4 aliphatic rings. The van der Waals surface area contributed by atoms with Crippen LogP contribution in [0.1, 0.15) is 97.7 Å². The van der Waals surface area contributed by atoms with Crippen molar-refractivity contribution in [1.29, 1.82) is 0 Å². The van der Waals surface area contributed by atoms with Crippen molar-refractivity contribution < 1.29 is 93.8 Å². The van der Waals surface area contributed by atoms with Crippen LogP contribution in [0.4, 0.5) is 87.1 Å². The molecule has 0 unspecified atom stereocenters. The third-order valence-electron chi connectivity index (χ3n) is 15.0. The van der Waals surface area contributed by atoms with E-state index < -0.39 is 107 Å². The number of pyridine rings is 2. The molecule has 7 aromatic rings. The van der Waals surface area contributed by atoms with Gasteiger partial charge < -0.3 is 40.7 Å². The molecule has 5 heterocycles. The molecule has 2 saturated carbocycles. The predicted molar refractivity (Wildman–Crippen MR) is 284 cm³/mol. The van der Waals surface area contributed by atoms with Crippen LogP contribution in [0.25, 0.3) is 0 Å². The number of nitrogens with one attached hydrogen (secondary N) is 2. The van der Waals surface area contributed by atoms with Crippen LogP contribution in [0.3, 0.4) is 0 Å². The number of amidine groups is 1. The molecule has 11 rings (SSSR count). The van der Waals surface area contributed by atoms with Gasteiger partial charge >= 0.3 is 25.1 Å². The van der Waals surface area contributed by atoms with Crippen LogP contribution in [0.15, 0.2) is 129 Å². The summed E-state index contributed by atoms with van der Waals surface area (Å²) in [6.45, 7) is 1.93. The van der Waals surface area contributed by atoms with Crippen molar-refractivity contribution in [2.24, 2.45) is 10.9 Å². The van der Waals surface area contributed by atoms with Crippen LogP contribution in [-0.2, 0) is 61.9 Å². The van der Waals surface area contributed by atoms with Gasteiger partial charge in [0.2, 0.25) is 0 Å². The van der Waals surface area contributed by atoms with E-state index in [4.69, 9.17) is 10.3 Å². The number of aromatic nitrogens is 4. The van der Waals surface area contributed by atoms with Crippen molar-refractivity contribution in [3.8, 4) is 11.5 Å². The van der Waals surface area contributed by atoms with Crippen molar-refractivity contribution in [2.45, 2.75) is 117 Å². The SMILES string of the molecule is CC(C)(O)c1nc(C2(c3cccc4c3N(S(=O)(=O)c3ccc(OC(F)(F)F)cc3)Cc3ccc(C(F)(F)F)nc3N4)CCC2)no1.N/C(=N\O)C1(c2cccc3c2N(S(=O)(=O)c2ccc(OC(F)(F)F)cc2)Cc2ccc(C(F)(F)F)nc2N3)CCC1. The number of oxime groups is 1. The van der Waals surface area contributed by atoms with E-state index in [1.165, 1.54) is 26.0 Å². The van der Waals surface area contributed by atoms with Gasteiger partial charge in [-0.05, 0) is 123 Å². The minimum atomic E-state index is -5.01. The summed E-state index contributed by atoms with van der Waals surface area (Å²) in [5.41, 5.74) is 1.25. The van der Waals surface area contributed by atoms with Crippen molar-refractivity contribution in [2.75, 3.05) is 19.2 Å². The van der Waals surface area contributed by atoms with Crippen molar-refractivity contribution >= 4 is 60.3 Å². The van der Waals surface area contributed by atoms with Gasteiger partial charge in [0.1, 0.15) is 46.0 Å². The lowest BCUT2D eigenvalue weighted by molar-refractivity contribution is -0.275. The number of alkyl halides is 12. The van der Waals surface area contributed by atoms with Crippen LogP contribution in [0.2, 0.25) is 0 Å². The summed E-state index contributed by atoms with van der Waals surface area (Å²) in [6.07, 6.45) is -16.6. The molecule has 2 aliphatic heterocycles. The molecular weight excluding hydrogens is 1220 g/mol. The van der Waals surface area contributed by atoms with E-state index in [2.05, 4.69) is 45.4 Å². The first-order valence-electron chi connectivity index (χ1n) is 25.8. The van der Waals surface area contributed by atoms with Gasteiger partial charge in [0, 0.05) is 11.1 Å². The molecule has 19 nitrogen and oxygen atoms in total. The number of ether oxygens (including phenoxy) is 2. The topological polar surface area (TPSA) is 261 Å². The zero-order valence-electron chi connectivity index (χ0n) is 44.9. The molecule has 0 spiro atoms. The third-order valence-corrected chi connectivity index (χ3v) is 18.5. The van der Waals surface area contributed by atoms with Gasteiger partial charge in [-0.25, -0.2) is 26.8 Å². The summed E-state index contributed by atoms with van der Waals surface area (Å²) in [4.78, 5) is 11.0. The summed E-state index contributed by atoms with van der Waals surface area (Å²) in [5, 5.41) is 32.9. The maximum atomic E-state index is 14.3. The monoisotopic (exact) mass is 1270 g/mol. The Kier molecular flexibility index (Phi) is 15.3. The average molecular weight is 1270 g/mol. The van der Waals surface area contributed by atoms with E-state index in [-0.39, 0.29) is 63.1 Å². The number of benzene rings is 4. The highest BCUT2D eigenvalue weighted by Crippen LogP contribution is 2.56. The zero-order chi connectivity index (χ0) is 63.1. The average Bonchev–Trinajstić information content (AvgIpc) is 1.75. The minimum Gasteiger partial charge on any atom is -0.409 e. The molecule has 33 heteroatoms. The molecule has 0 amide bonds. The highest BCUT2D eigenvalue weighted by Gasteiger charge is 2.51.